The minimum absolute atomic E-state index is 0.00189. The van der Waals surface area contributed by atoms with E-state index in [0.717, 1.165) is 54.6 Å². The van der Waals surface area contributed by atoms with Crippen LogP contribution in [0.25, 0.3) is 11.0 Å². The van der Waals surface area contributed by atoms with E-state index >= 15 is 0 Å². The highest BCUT2D eigenvalue weighted by Crippen LogP contribution is 2.30. The molecular formula is C32H34N8O. The number of fused-ring (bicyclic) bond motifs is 1. The Morgan fingerprint density at radius 3 is 2.63 bits per heavy atom. The minimum atomic E-state index is -0.661. The van der Waals surface area contributed by atoms with Crippen LogP contribution in [0.15, 0.2) is 55.0 Å². The summed E-state index contributed by atoms with van der Waals surface area (Å²) in [7, 11) is 0. The van der Waals surface area contributed by atoms with E-state index < -0.39 is 5.41 Å². The average molecular weight is 547 g/mol. The zero-order valence-corrected chi connectivity index (χ0v) is 23.8. The third-order valence-corrected chi connectivity index (χ3v) is 8.13. The van der Waals surface area contributed by atoms with Crippen molar-refractivity contribution in [3.63, 3.8) is 0 Å². The first kappa shape index (κ1) is 26.8. The van der Waals surface area contributed by atoms with Gasteiger partial charge in [0.15, 0.2) is 11.6 Å². The van der Waals surface area contributed by atoms with Crippen molar-refractivity contribution in [1.82, 2.24) is 24.8 Å². The average Bonchev–Trinajstić information content (AvgIpc) is 3.85. The van der Waals surface area contributed by atoms with E-state index in [1.54, 1.807) is 6.20 Å². The molecule has 0 amide bonds. The third kappa shape index (κ3) is 5.74. The lowest BCUT2D eigenvalue weighted by Crippen LogP contribution is -2.47. The van der Waals surface area contributed by atoms with Crippen molar-refractivity contribution < 1.29 is 4.79 Å². The van der Waals surface area contributed by atoms with Crippen LogP contribution in [0.2, 0.25) is 0 Å². The zero-order chi connectivity index (χ0) is 28.6. The number of Topliss-reactive ketones (excluding diaryl/α,β-unsaturated/α-hetero) is 1. The highest BCUT2D eigenvalue weighted by atomic mass is 16.1. The normalized spacial score (nSPS) is 16.0. The van der Waals surface area contributed by atoms with Crippen LogP contribution in [-0.4, -0.2) is 62.8 Å². The molecule has 41 heavy (non-hydrogen) atoms. The number of carbonyl (C=O) groups excluding carboxylic acids is 1. The Kier molecular flexibility index (Phi) is 7.10. The molecule has 0 radical (unpaired) electrons. The van der Waals surface area contributed by atoms with Crippen LogP contribution in [0.1, 0.15) is 53.7 Å². The molecule has 2 fully saturated rings. The molecule has 2 aliphatic rings. The van der Waals surface area contributed by atoms with Crippen molar-refractivity contribution in [2.45, 2.75) is 51.5 Å². The summed E-state index contributed by atoms with van der Waals surface area (Å²) < 4.78 is 0. The molecule has 1 saturated heterocycles. The number of nitrogens with zero attached hydrogens (tertiary/aromatic N) is 7. The van der Waals surface area contributed by atoms with Crippen LogP contribution in [0.5, 0.6) is 0 Å². The second-order valence-corrected chi connectivity index (χ2v) is 11.6. The number of carbonyl (C=O) groups is 1. The van der Waals surface area contributed by atoms with E-state index in [1.807, 2.05) is 63.2 Å². The van der Waals surface area contributed by atoms with Crippen molar-refractivity contribution >= 4 is 34.3 Å². The molecule has 9 heteroatoms. The number of piperazine rings is 1. The van der Waals surface area contributed by atoms with E-state index in [9.17, 15) is 10.1 Å². The van der Waals surface area contributed by atoms with Crippen molar-refractivity contribution in [1.29, 1.82) is 5.26 Å². The molecule has 0 bridgehead atoms. The maximum Gasteiger partial charge on any atom is 0.226 e. The molecule has 1 saturated carbocycles. The van der Waals surface area contributed by atoms with E-state index in [2.05, 4.69) is 36.1 Å². The van der Waals surface area contributed by atoms with E-state index in [4.69, 9.17) is 4.98 Å². The maximum atomic E-state index is 13.2. The van der Waals surface area contributed by atoms with Gasteiger partial charge in [-0.15, -0.1) is 0 Å². The molecular weight excluding hydrogens is 512 g/mol. The van der Waals surface area contributed by atoms with Crippen LogP contribution in [0, 0.1) is 18.3 Å². The fourth-order valence-electron chi connectivity index (χ4n) is 5.29. The van der Waals surface area contributed by atoms with Crippen LogP contribution in [-0.2, 0) is 11.8 Å². The first-order valence-electron chi connectivity index (χ1n) is 14.2. The highest BCUT2D eigenvalue weighted by Gasteiger charge is 2.31. The molecule has 0 unspecified atom stereocenters. The Balaban J connectivity index is 1.22. The number of hydrogen-bond acceptors (Lipinski definition) is 9. The number of benzene rings is 2. The lowest BCUT2D eigenvalue weighted by molar-refractivity contribution is 0.0993. The molecule has 1 aliphatic carbocycles. The van der Waals surface area contributed by atoms with Gasteiger partial charge in [-0.25, -0.2) is 19.9 Å². The number of ketones is 1. The van der Waals surface area contributed by atoms with Gasteiger partial charge in [0.25, 0.3) is 0 Å². The van der Waals surface area contributed by atoms with Crippen LogP contribution in [0.3, 0.4) is 0 Å². The lowest BCUT2D eigenvalue weighted by atomic mass is 9.85. The number of anilines is 3. The van der Waals surface area contributed by atoms with Crippen molar-refractivity contribution in [3.8, 4) is 6.07 Å². The van der Waals surface area contributed by atoms with E-state index in [1.165, 1.54) is 19.2 Å². The van der Waals surface area contributed by atoms with Gasteiger partial charge in [-0.2, -0.15) is 5.26 Å². The molecule has 1 aliphatic heterocycles. The number of rotatable bonds is 8. The molecule has 0 spiro atoms. The van der Waals surface area contributed by atoms with Crippen LogP contribution < -0.4 is 10.2 Å². The molecule has 4 aromatic rings. The molecule has 2 aromatic heterocycles. The zero-order valence-electron chi connectivity index (χ0n) is 23.8. The van der Waals surface area contributed by atoms with Gasteiger partial charge >= 0.3 is 0 Å². The number of nitrogens with one attached hydrogen (secondary N) is 1. The number of aryl methyl sites for hydroxylation is 1. The first-order valence-corrected chi connectivity index (χ1v) is 14.2. The van der Waals surface area contributed by atoms with Crippen LogP contribution >= 0.6 is 0 Å². The van der Waals surface area contributed by atoms with E-state index in [-0.39, 0.29) is 12.2 Å². The largest absolute Gasteiger partial charge is 0.338 e. The second-order valence-electron chi connectivity index (χ2n) is 11.6. The van der Waals surface area contributed by atoms with Gasteiger partial charge in [-0.3, -0.25) is 9.69 Å². The van der Waals surface area contributed by atoms with Gasteiger partial charge in [-0.1, -0.05) is 30.3 Å². The topological polar surface area (TPSA) is 111 Å². The molecule has 208 valence electrons. The lowest BCUT2D eigenvalue weighted by Gasteiger charge is -2.34. The smallest absolute Gasteiger partial charge is 0.226 e. The number of nitriles is 1. The Labute approximate surface area is 240 Å². The van der Waals surface area contributed by atoms with E-state index in [0.29, 0.717) is 28.4 Å². The predicted molar refractivity (Wildman–Crippen MR) is 160 cm³/mol. The molecule has 1 N–H and O–H groups in total. The summed E-state index contributed by atoms with van der Waals surface area (Å²) >= 11 is 0. The fourth-order valence-corrected chi connectivity index (χ4v) is 5.29. The Morgan fingerprint density at radius 2 is 1.88 bits per heavy atom. The molecule has 3 heterocycles. The Bertz CT molecular complexity index is 1650. The summed E-state index contributed by atoms with van der Waals surface area (Å²) in [5.41, 5.74) is 4.88. The monoisotopic (exact) mass is 546 g/mol. The Morgan fingerprint density at radius 1 is 1.07 bits per heavy atom. The Hall–Kier alpha value is -4.42. The summed E-state index contributed by atoms with van der Waals surface area (Å²) in [6, 6.07) is 16.4. The number of hydrogen-bond donors (Lipinski definition) is 1. The van der Waals surface area contributed by atoms with Crippen molar-refractivity contribution in [3.05, 3.63) is 77.2 Å². The summed E-state index contributed by atoms with van der Waals surface area (Å²) in [6.45, 7) is 9.61. The second kappa shape index (κ2) is 10.9. The third-order valence-electron chi connectivity index (χ3n) is 8.13. The minimum Gasteiger partial charge on any atom is -0.338 e. The summed E-state index contributed by atoms with van der Waals surface area (Å²) in [4.78, 5) is 36.4. The van der Waals surface area contributed by atoms with Gasteiger partial charge < -0.3 is 10.2 Å². The molecule has 2 aromatic carbocycles. The predicted octanol–water partition coefficient (Wildman–Crippen LogP) is 4.98. The van der Waals surface area contributed by atoms with Gasteiger partial charge in [0.1, 0.15) is 17.4 Å². The standard InChI is InChI=1S/C32H34N8O/c1-21-7-8-22(16-28(41)23-5-4-6-24(17-23)32(2,3)19-33)15-26(21)37-30-29-27(35-20-36-30)18-34-31(38-29)40-13-11-39(12-14-40)25-9-10-25/h4-8,15,17-18,20,25H,9-14,16H2,1-3H3,(H,35,36,37). The van der Waals surface area contributed by atoms with Gasteiger partial charge in [0.2, 0.25) is 5.95 Å². The quantitative estimate of drug-likeness (QED) is 0.306. The summed E-state index contributed by atoms with van der Waals surface area (Å²) in [6.07, 6.45) is 6.17. The highest BCUT2D eigenvalue weighted by molar-refractivity contribution is 5.98. The summed E-state index contributed by atoms with van der Waals surface area (Å²) in [5, 5.41) is 13.0. The fraction of sp³-hybridized carbons (Fsp3) is 0.375. The first-order chi connectivity index (χ1) is 19.8. The molecule has 0 atom stereocenters. The van der Waals surface area contributed by atoms with Gasteiger partial charge in [0, 0.05) is 49.9 Å². The number of aromatic nitrogens is 4. The van der Waals surface area contributed by atoms with Gasteiger partial charge in [0.05, 0.1) is 17.7 Å². The van der Waals surface area contributed by atoms with Crippen molar-refractivity contribution in [2.24, 2.45) is 0 Å². The summed E-state index contributed by atoms with van der Waals surface area (Å²) in [5.74, 6) is 1.30. The van der Waals surface area contributed by atoms with Gasteiger partial charge in [-0.05, 0) is 62.4 Å². The molecule has 6 rings (SSSR count). The SMILES string of the molecule is Cc1ccc(CC(=O)c2cccc(C(C)(C)C#N)c2)cc1Nc1ncnc2cnc(N3CCN(C4CC4)CC3)nc12. The van der Waals surface area contributed by atoms with Crippen LogP contribution in [0.4, 0.5) is 17.5 Å². The van der Waals surface area contributed by atoms with Crippen molar-refractivity contribution in [2.75, 3.05) is 36.4 Å². The maximum absolute atomic E-state index is 13.2. The molecule has 9 nitrogen and oxygen atoms in total.